The van der Waals surface area contributed by atoms with E-state index in [1.807, 2.05) is 13.8 Å². The normalized spacial score (nSPS) is 14.3. The molecular formula is C8H15NO2. The maximum atomic E-state index is 10.8. The van der Waals surface area contributed by atoms with Crippen molar-refractivity contribution in [3.05, 3.63) is 11.8 Å². The first kappa shape index (κ1) is 10.0. The van der Waals surface area contributed by atoms with Gasteiger partial charge >= 0.3 is 5.97 Å². The van der Waals surface area contributed by atoms with Crippen molar-refractivity contribution in [1.29, 1.82) is 0 Å². The second-order valence-corrected chi connectivity index (χ2v) is 2.54. The number of nitrogens with two attached hydrogens (primary N) is 1. The van der Waals surface area contributed by atoms with E-state index in [2.05, 4.69) is 0 Å². The molecule has 0 radical (unpaired) electrons. The average Bonchev–Trinajstić information content (AvgIpc) is 1.85. The number of allylic oxidation sites excluding steroid dienone is 1. The highest BCUT2D eigenvalue weighted by molar-refractivity contribution is 5.82. The van der Waals surface area contributed by atoms with E-state index in [1.165, 1.54) is 6.08 Å². The quantitative estimate of drug-likeness (QED) is 0.494. The zero-order valence-electron chi connectivity index (χ0n) is 7.26. The summed E-state index contributed by atoms with van der Waals surface area (Å²) in [5, 5.41) is 0. The van der Waals surface area contributed by atoms with Gasteiger partial charge in [0.25, 0.3) is 0 Å². The Morgan fingerprint density at radius 1 is 1.73 bits per heavy atom. The molecular weight excluding hydrogens is 142 g/mol. The Morgan fingerprint density at radius 2 is 2.27 bits per heavy atom. The topological polar surface area (TPSA) is 52.3 Å². The molecule has 0 aromatic rings. The highest BCUT2D eigenvalue weighted by Gasteiger charge is 2.03. The van der Waals surface area contributed by atoms with Gasteiger partial charge in [-0.15, -0.1) is 0 Å². The number of rotatable bonds is 3. The maximum absolute atomic E-state index is 10.8. The van der Waals surface area contributed by atoms with Crippen LogP contribution in [0.5, 0.6) is 0 Å². The Labute approximate surface area is 67.2 Å². The lowest BCUT2D eigenvalue weighted by atomic mass is 10.3. The van der Waals surface area contributed by atoms with Crippen molar-refractivity contribution in [1.82, 2.24) is 0 Å². The molecule has 3 nitrogen and oxygen atoms in total. The highest BCUT2D eigenvalue weighted by atomic mass is 16.5. The Kier molecular flexibility index (Phi) is 4.34. The van der Waals surface area contributed by atoms with Gasteiger partial charge in [-0.05, 0) is 20.3 Å². The van der Waals surface area contributed by atoms with Gasteiger partial charge in [-0.1, -0.05) is 6.92 Å². The monoisotopic (exact) mass is 157 g/mol. The van der Waals surface area contributed by atoms with Crippen molar-refractivity contribution in [3.8, 4) is 0 Å². The summed E-state index contributed by atoms with van der Waals surface area (Å²) in [6.07, 6.45) is 2.08. The predicted octanol–water partition coefficient (Wildman–Crippen LogP) is 1.19. The van der Waals surface area contributed by atoms with Crippen LogP contribution in [0.2, 0.25) is 0 Å². The van der Waals surface area contributed by atoms with E-state index in [4.69, 9.17) is 10.5 Å². The van der Waals surface area contributed by atoms with Gasteiger partial charge in [-0.25, -0.2) is 4.79 Å². The molecule has 0 saturated heterocycles. The molecule has 0 saturated carbocycles. The zero-order chi connectivity index (χ0) is 8.85. The van der Waals surface area contributed by atoms with Crippen LogP contribution in [0.15, 0.2) is 11.8 Å². The largest absolute Gasteiger partial charge is 0.459 e. The van der Waals surface area contributed by atoms with Crippen LogP contribution in [0.4, 0.5) is 0 Å². The average molecular weight is 157 g/mol. The number of hydrogen-bond donors (Lipinski definition) is 1. The van der Waals surface area contributed by atoms with Crippen LogP contribution in [-0.4, -0.2) is 12.1 Å². The number of ether oxygens (including phenoxy) is 1. The molecule has 0 aromatic heterocycles. The summed E-state index contributed by atoms with van der Waals surface area (Å²) >= 11 is 0. The Morgan fingerprint density at radius 3 is 2.64 bits per heavy atom. The van der Waals surface area contributed by atoms with Gasteiger partial charge in [0.05, 0.1) is 6.10 Å². The summed E-state index contributed by atoms with van der Waals surface area (Å²) in [4.78, 5) is 10.8. The van der Waals surface area contributed by atoms with E-state index >= 15 is 0 Å². The van der Waals surface area contributed by atoms with Crippen LogP contribution in [0, 0.1) is 0 Å². The van der Waals surface area contributed by atoms with Crippen molar-refractivity contribution in [3.63, 3.8) is 0 Å². The molecule has 2 N–H and O–H groups in total. The van der Waals surface area contributed by atoms with Crippen molar-refractivity contribution < 1.29 is 9.53 Å². The molecule has 1 atom stereocenters. The van der Waals surface area contributed by atoms with Gasteiger partial charge in [0.2, 0.25) is 0 Å². The second-order valence-electron chi connectivity index (χ2n) is 2.54. The number of hydrogen-bond acceptors (Lipinski definition) is 3. The molecule has 0 aromatic carbocycles. The molecule has 11 heavy (non-hydrogen) atoms. The molecule has 0 heterocycles. The smallest absolute Gasteiger partial charge is 0.332 e. The minimum absolute atomic E-state index is 0.0295. The Balaban J connectivity index is 3.79. The Bertz CT molecular complexity index is 159. The van der Waals surface area contributed by atoms with Crippen molar-refractivity contribution in [2.75, 3.05) is 0 Å². The van der Waals surface area contributed by atoms with Gasteiger partial charge in [0.1, 0.15) is 0 Å². The summed E-state index contributed by atoms with van der Waals surface area (Å²) in [5.74, 6) is -0.362. The van der Waals surface area contributed by atoms with Crippen molar-refractivity contribution in [2.45, 2.75) is 33.3 Å². The first-order chi connectivity index (χ1) is 5.06. The fraction of sp³-hybridized carbons (Fsp3) is 0.625. The molecule has 0 spiro atoms. The molecule has 0 aliphatic carbocycles. The van der Waals surface area contributed by atoms with Gasteiger partial charge < -0.3 is 10.5 Å². The summed E-state index contributed by atoms with van der Waals surface area (Å²) in [6.45, 7) is 5.45. The van der Waals surface area contributed by atoms with Crippen LogP contribution < -0.4 is 5.73 Å². The van der Waals surface area contributed by atoms with Gasteiger partial charge in [0.15, 0.2) is 0 Å². The maximum Gasteiger partial charge on any atom is 0.332 e. The summed E-state index contributed by atoms with van der Waals surface area (Å²) in [5.41, 5.74) is 5.74. The van der Waals surface area contributed by atoms with E-state index in [0.717, 1.165) is 6.42 Å². The first-order valence-corrected chi connectivity index (χ1v) is 3.70. The third-order valence-electron chi connectivity index (χ3n) is 1.24. The fourth-order valence-corrected chi connectivity index (χ4v) is 0.502. The number of esters is 1. The van der Waals surface area contributed by atoms with E-state index < -0.39 is 0 Å². The lowest BCUT2D eigenvalue weighted by Gasteiger charge is -2.07. The van der Waals surface area contributed by atoms with Crippen LogP contribution in [0.3, 0.4) is 0 Å². The SMILES string of the molecule is CCC(C)OC(=O)C=C(C)N. The standard InChI is InChI=1S/C8H15NO2/c1-4-7(3)11-8(10)5-6(2)9/h5,7H,4,9H2,1-3H3. The van der Waals surface area contributed by atoms with Gasteiger partial charge in [0, 0.05) is 11.8 Å². The summed E-state index contributed by atoms with van der Waals surface area (Å²) in [7, 11) is 0. The van der Waals surface area contributed by atoms with Crippen LogP contribution in [0.25, 0.3) is 0 Å². The van der Waals surface area contributed by atoms with Crippen LogP contribution >= 0.6 is 0 Å². The second kappa shape index (κ2) is 4.77. The first-order valence-electron chi connectivity index (χ1n) is 3.70. The number of carbonyl (C=O) groups excluding carboxylic acids is 1. The highest BCUT2D eigenvalue weighted by Crippen LogP contribution is 1.97. The third kappa shape index (κ3) is 5.45. The molecule has 0 aliphatic rings. The van der Waals surface area contributed by atoms with E-state index in [-0.39, 0.29) is 12.1 Å². The third-order valence-corrected chi connectivity index (χ3v) is 1.24. The molecule has 1 unspecified atom stereocenters. The molecule has 64 valence electrons. The van der Waals surface area contributed by atoms with Crippen molar-refractivity contribution >= 4 is 5.97 Å². The lowest BCUT2D eigenvalue weighted by Crippen LogP contribution is -2.12. The molecule has 0 amide bonds. The van der Waals surface area contributed by atoms with E-state index in [0.29, 0.717) is 5.70 Å². The molecule has 0 rings (SSSR count). The van der Waals surface area contributed by atoms with Crippen molar-refractivity contribution in [2.24, 2.45) is 5.73 Å². The number of carbonyl (C=O) groups is 1. The minimum Gasteiger partial charge on any atom is -0.459 e. The molecule has 3 heteroatoms. The van der Waals surface area contributed by atoms with Crippen LogP contribution in [0.1, 0.15) is 27.2 Å². The fourth-order valence-electron chi connectivity index (χ4n) is 0.502. The van der Waals surface area contributed by atoms with Gasteiger partial charge in [-0.2, -0.15) is 0 Å². The van der Waals surface area contributed by atoms with Gasteiger partial charge in [-0.3, -0.25) is 0 Å². The van der Waals surface area contributed by atoms with E-state index in [9.17, 15) is 4.79 Å². The minimum atomic E-state index is -0.362. The molecule has 0 bridgehead atoms. The van der Waals surface area contributed by atoms with Crippen LogP contribution in [-0.2, 0) is 9.53 Å². The summed E-state index contributed by atoms with van der Waals surface area (Å²) in [6, 6.07) is 0. The molecule has 0 aliphatic heterocycles. The Hall–Kier alpha value is -0.990. The lowest BCUT2D eigenvalue weighted by molar-refractivity contribution is -0.142. The van der Waals surface area contributed by atoms with E-state index in [1.54, 1.807) is 6.92 Å². The predicted molar refractivity (Wildman–Crippen MR) is 43.8 cm³/mol. The zero-order valence-corrected chi connectivity index (χ0v) is 7.26. The summed E-state index contributed by atoms with van der Waals surface area (Å²) < 4.78 is 4.92. The molecule has 0 fully saturated rings.